The van der Waals surface area contributed by atoms with Crippen molar-refractivity contribution in [2.75, 3.05) is 42.9 Å². The molecule has 184 valence electrons. The molecule has 0 radical (unpaired) electrons. The number of halogens is 1. The fraction of sp³-hybridized carbons (Fsp3) is 0.214. The Balaban J connectivity index is 1.25. The van der Waals surface area contributed by atoms with Crippen LogP contribution in [0.1, 0.15) is 16.8 Å². The predicted octanol–water partition coefficient (Wildman–Crippen LogP) is 6.37. The van der Waals surface area contributed by atoms with Crippen LogP contribution in [0.15, 0.2) is 83.9 Å². The lowest BCUT2D eigenvalue weighted by molar-refractivity contribution is 0.0767. The van der Waals surface area contributed by atoms with Crippen molar-refractivity contribution in [2.24, 2.45) is 0 Å². The molecule has 1 N–H and O–H groups in total. The molecular weight excluding hydrogens is 492 g/mol. The van der Waals surface area contributed by atoms with Crippen molar-refractivity contribution in [3.05, 3.63) is 89.6 Å². The first kappa shape index (κ1) is 24.3. The Morgan fingerprint density at radius 3 is 2.72 bits per heavy atom. The molecule has 2 heterocycles. The molecule has 6 nitrogen and oxygen atoms in total. The molecule has 8 heteroatoms. The first-order valence-electron chi connectivity index (χ1n) is 11.9. The Morgan fingerprint density at radius 1 is 1.00 bits per heavy atom. The second kappa shape index (κ2) is 11.1. The number of carbonyl (C=O) groups is 1. The molecular formula is C28H27ClN4O2S. The Labute approximate surface area is 220 Å². The molecule has 1 saturated heterocycles. The Kier molecular flexibility index (Phi) is 7.49. The highest BCUT2D eigenvalue weighted by molar-refractivity contribution is 8.00. The molecule has 0 bridgehead atoms. The van der Waals surface area contributed by atoms with E-state index in [9.17, 15) is 4.79 Å². The number of rotatable bonds is 6. The number of hydrogen-bond donors (Lipinski definition) is 1. The minimum atomic E-state index is -0.00349. The lowest BCUT2D eigenvalue weighted by Gasteiger charge is -2.25. The van der Waals surface area contributed by atoms with E-state index in [1.54, 1.807) is 19.4 Å². The molecule has 1 aliphatic rings. The first-order valence-corrected chi connectivity index (χ1v) is 13.1. The summed E-state index contributed by atoms with van der Waals surface area (Å²) in [6.45, 7) is 2.95. The number of carbonyl (C=O) groups excluding carboxylic acids is 1. The van der Waals surface area contributed by atoms with E-state index in [4.69, 9.17) is 16.3 Å². The van der Waals surface area contributed by atoms with Crippen molar-refractivity contribution in [2.45, 2.75) is 11.3 Å². The SMILES string of the molecule is COc1ccccc1N1CCCN(C(=O)c2ccc(NSc3cccc4cccnc34)c(Cl)c2)CC1. The van der Waals surface area contributed by atoms with Gasteiger partial charge < -0.3 is 19.3 Å². The minimum Gasteiger partial charge on any atom is -0.495 e. The van der Waals surface area contributed by atoms with Gasteiger partial charge in [0.2, 0.25) is 0 Å². The highest BCUT2D eigenvalue weighted by Crippen LogP contribution is 2.32. The fourth-order valence-electron chi connectivity index (χ4n) is 4.43. The molecule has 5 rings (SSSR count). The summed E-state index contributed by atoms with van der Waals surface area (Å²) in [5.41, 5.74) is 3.34. The third-order valence-corrected chi connectivity index (χ3v) is 7.48. The summed E-state index contributed by atoms with van der Waals surface area (Å²) in [5.74, 6) is 0.848. The second-order valence-corrected chi connectivity index (χ2v) is 9.79. The van der Waals surface area contributed by atoms with E-state index in [0.717, 1.165) is 52.4 Å². The molecule has 0 aliphatic carbocycles. The molecule has 1 aromatic heterocycles. The summed E-state index contributed by atoms with van der Waals surface area (Å²) < 4.78 is 8.84. The molecule has 4 aromatic rings. The van der Waals surface area contributed by atoms with Gasteiger partial charge in [0.1, 0.15) is 5.75 Å². The second-order valence-electron chi connectivity index (χ2n) is 8.53. The maximum absolute atomic E-state index is 13.3. The zero-order valence-corrected chi connectivity index (χ0v) is 21.6. The predicted molar refractivity (Wildman–Crippen MR) is 148 cm³/mol. The summed E-state index contributed by atoms with van der Waals surface area (Å²) in [7, 11) is 1.69. The van der Waals surface area contributed by atoms with E-state index in [0.29, 0.717) is 23.7 Å². The number of methoxy groups -OCH3 is 1. The van der Waals surface area contributed by atoms with Gasteiger partial charge in [0.25, 0.3) is 5.91 Å². The van der Waals surface area contributed by atoms with Crippen molar-refractivity contribution in [1.82, 2.24) is 9.88 Å². The van der Waals surface area contributed by atoms with E-state index in [1.807, 2.05) is 65.6 Å². The Hall–Kier alpha value is -3.42. The summed E-state index contributed by atoms with van der Waals surface area (Å²) in [4.78, 5) is 23.0. The molecule has 0 spiro atoms. The van der Waals surface area contributed by atoms with Crippen LogP contribution in [0.5, 0.6) is 5.75 Å². The highest BCUT2D eigenvalue weighted by Gasteiger charge is 2.22. The van der Waals surface area contributed by atoms with Crippen LogP contribution in [0.25, 0.3) is 10.9 Å². The van der Waals surface area contributed by atoms with Gasteiger partial charge in [0, 0.05) is 43.3 Å². The number of ether oxygens (including phenoxy) is 1. The number of amides is 1. The van der Waals surface area contributed by atoms with Crippen LogP contribution >= 0.6 is 23.5 Å². The summed E-state index contributed by atoms with van der Waals surface area (Å²) in [6.07, 6.45) is 2.67. The number of hydrogen-bond acceptors (Lipinski definition) is 6. The van der Waals surface area contributed by atoms with Gasteiger partial charge in [-0.25, -0.2) is 0 Å². The average molecular weight is 519 g/mol. The van der Waals surface area contributed by atoms with Crippen LogP contribution in [-0.4, -0.2) is 49.1 Å². The number of nitrogens with one attached hydrogen (secondary N) is 1. The molecule has 0 atom stereocenters. The Morgan fingerprint density at radius 2 is 1.86 bits per heavy atom. The van der Waals surface area contributed by atoms with Crippen LogP contribution < -0.4 is 14.4 Å². The van der Waals surface area contributed by atoms with Crippen molar-refractivity contribution in [3.63, 3.8) is 0 Å². The smallest absolute Gasteiger partial charge is 0.253 e. The molecule has 1 amide bonds. The number of aromatic nitrogens is 1. The lowest BCUT2D eigenvalue weighted by atomic mass is 10.1. The van der Waals surface area contributed by atoms with Crippen molar-refractivity contribution in [3.8, 4) is 5.75 Å². The third-order valence-electron chi connectivity index (χ3n) is 6.29. The van der Waals surface area contributed by atoms with Gasteiger partial charge in [-0.2, -0.15) is 0 Å². The van der Waals surface area contributed by atoms with Gasteiger partial charge in [-0.05, 0) is 60.8 Å². The zero-order valence-electron chi connectivity index (χ0n) is 20.0. The van der Waals surface area contributed by atoms with Crippen molar-refractivity contribution < 1.29 is 9.53 Å². The van der Waals surface area contributed by atoms with Crippen LogP contribution in [0, 0.1) is 0 Å². The number of pyridine rings is 1. The van der Waals surface area contributed by atoms with Crippen LogP contribution in [0.2, 0.25) is 5.02 Å². The monoisotopic (exact) mass is 518 g/mol. The van der Waals surface area contributed by atoms with Gasteiger partial charge in [-0.3, -0.25) is 9.78 Å². The van der Waals surface area contributed by atoms with Gasteiger partial charge >= 0.3 is 0 Å². The number of anilines is 2. The van der Waals surface area contributed by atoms with Gasteiger partial charge in [-0.1, -0.05) is 41.9 Å². The number of nitrogens with zero attached hydrogens (tertiary/aromatic N) is 3. The highest BCUT2D eigenvalue weighted by atomic mass is 35.5. The normalized spacial score (nSPS) is 13.9. The maximum Gasteiger partial charge on any atom is 0.253 e. The zero-order chi connectivity index (χ0) is 24.9. The van der Waals surface area contributed by atoms with Crippen LogP contribution in [-0.2, 0) is 0 Å². The number of para-hydroxylation sites is 3. The lowest BCUT2D eigenvalue weighted by Crippen LogP contribution is -2.35. The quantitative estimate of drug-likeness (QED) is 0.299. The maximum atomic E-state index is 13.3. The average Bonchev–Trinajstić information content (AvgIpc) is 3.18. The Bertz CT molecular complexity index is 1380. The number of fused-ring (bicyclic) bond motifs is 1. The summed E-state index contributed by atoms with van der Waals surface area (Å²) in [6, 6.07) is 23.5. The van der Waals surface area contributed by atoms with Crippen molar-refractivity contribution in [1.29, 1.82) is 0 Å². The van der Waals surface area contributed by atoms with Crippen LogP contribution in [0.4, 0.5) is 11.4 Å². The molecule has 1 fully saturated rings. The van der Waals surface area contributed by atoms with Gasteiger partial charge in [-0.15, -0.1) is 0 Å². The minimum absolute atomic E-state index is 0.00349. The van der Waals surface area contributed by atoms with Gasteiger partial charge in [0.05, 0.1) is 33.9 Å². The van der Waals surface area contributed by atoms with E-state index < -0.39 is 0 Å². The fourth-order valence-corrected chi connectivity index (χ4v) is 5.53. The van der Waals surface area contributed by atoms with E-state index in [2.05, 4.69) is 20.7 Å². The third kappa shape index (κ3) is 5.22. The van der Waals surface area contributed by atoms with E-state index >= 15 is 0 Å². The van der Waals surface area contributed by atoms with Gasteiger partial charge in [0.15, 0.2) is 0 Å². The molecule has 0 unspecified atom stereocenters. The summed E-state index contributed by atoms with van der Waals surface area (Å²) >= 11 is 8.04. The molecule has 3 aromatic carbocycles. The number of benzene rings is 3. The molecule has 0 saturated carbocycles. The largest absolute Gasteiger partial charge is 0.495 e. The van der Waals surface area contributed by atoms with Crippen LogP contribution in [0.3, 0.4) is 0 Å². The molecule has 36 heavy (non-hydrogen) atoms. The first-order chi connectivity index (χ1) is 17.6. The summed E-state index contributed by atoms with van der Waals surface area (Å²) in [5, 5.41) is 1.59. The van der Waals surface area contributed by atoms with E-state index in [1.165, 1.54) is 11.9 Å². The molecule has 1 aliphatic heterocycles. The van der Waals surface area contributed by atoms with Crippen molar-refractivity contribution >= 4 is 51.7 Å². The topological polar surface area (TPSA) is 57.7 Å². The standard InChI is InChI=1S/C28H27ClN4O2S/c1-35-25-10-3-2-9-24(25)32-15-6-16-33(18-17-32)28(34)21-12-13-23(22(29)19-21)31-36-26-11-4-7-20-8-5-14-30-27(20)26/h2-5,7-14,19,31H,6,15-18H2,1H3. The van der Waals surface area contributed by atoms with E-state index in [-0.39, 0.29) is 5.91 Å².